The van der Waals surface area contributed by atoms with Crippen molar-refractivity contribution in [3.05, 3.63) is 70.8 Å². The zero-order chi connectivity index (χ0) is 17.9. The predicted octanol–water partition coefficient (Wildman–Crippen LogP) is 2.49. The molecule has 136 valence electrons. The van der Waals surface area contributed by atoms with Crippen LogP contribution in [-0.4, -0.2) is 53.1 Å². The van der Waals surface area contributed by atoms with Crippen molar-refractivity contribution < 1.29 is 9.90 Å². The van der Waals surface area contributed by atoms with E-state index in [0.29, 0.717) is 19.6 Å². The molecule has 0 fully saturated rings. The standard InChI is InChI=1S/C22H26N2O2/c25-20(15-23-13-11-17-6-1-2-8-19(17)14-23)16-24-12-5-9-18-7-3-4-10-21(18)22(24)26/h1-4,6-8,10,20,25H,5,9,11-16H2. The van der Waals surface area contributed by atoms with Gasteiger partial charge in [0, 0.05) is 38.3 Å². The molecular formula is C22H26N2O2. The molecule has 2 aromatic rings. The van der Waals surface area contributed by atoms with Crippen LogP contribution in [0.25, 0.3) is 0 Å². The summed E-state index contributed by atoms with van der Waals surface area (Å²) in [6.45, 7) is 3.58. The monoisotopic (exact) mass is 350 g/mol. The number of nitrogens with zero attached hydrogens (tertiary/aromatic N) is 2. The van der Waals surface area contributed by atoms with Gasteiger partial charge < -0.3 is 10.0 Å². The number of aliphatic hydroxyl groups excluding tert-OH is 1. The maximum atomic E-state index is 12.8. The number of benzene rings is 2. The number of hydrogen-bond acceptors (Lipinski definition) is 3. The van der Waals surface area contributed by atoms with Gasteiger partial charge in [-0.25, -0.2) is 0 Å². The van der Waals surface area contributed by atoms with Crippen LogP contribution in [0.3, 0.4) is 0 Å². The van der Waals surface area contributed by atoms with Crippen LogP contribution in [0.4, 0.5) is 0 Å². The third-order valence-corrected chi connectivity index (χ3v) is 5.52. The van der Waals surface area contributed by atoms with Crippen LogP contribution in [0.1, 0.15) is 33.5 Å². The molecule has 2 aromatic carbocycles. The quantitative estimate of drug-likeness (QED) is 0.921. The molecule has 0 spiro atoms. The highest BCUT2D eigenvalue weighted by molar-refractivity contribution is 5.96. The number of aryl methyl sites for hydroxylation is 1. The Balaban J connectivity index is 1.38. The first-order chi connectivity index (χ1) is 12.7. The van der Waals surface area contributed by atoms with Gasteiger partial charge in [0.05, 0.1) is 6.10 Å². The Bertz CT molecular complexity index is 789. The highest BCUT2D eigenvalue weighted by Gasteiger charge is 2.25. The zero-order valence-electron chi connectivity index (χ0n) is 15.1. The molecule has 0 aliphatic carbocycles. The molecule has 0 saturated heterocycles. The summed E-state index contributed by atoms with van der Waals surface area (Å²) in [6.07, 6.45) is 2.39. The predicted molar refractivity (Wildman–Crippen MR) is 102 cm³/mol. The lowest BCUT2D eigenvalue weighted by Gasteiger charge is -2.32. The molecule has 1 N–H and O–H groups in total. The summed E-state index contributed by atoms with van der Waals surface area (Å²) in [5.41, 5.74) is 4.69. The fourth-order valence-corrected chi connectivity index (χ4v) is 4.17. The van der Waals surface area contributed by atoms with E-state index in [4.69, 9.17) is 0 Å². The van der Waals surface area contributed by atoms with Crippen LogP contribution in [0.2, 0.25) is 0 Å². The molecule has 2 heterocycles. The van der Waals surface area contributed by atoms with E-state index in [1.165, 1.54) is 11.1 Å². The fraction of sp³-hybridized carbons (Fsp3) is 0.409. The van der Waals surface area contributed by atoms with Gasteiger partial charge in [-0.3, -0.25) is 9.69 Å². The minimum absolute atomic E-state index is 0.0566. The summed E-state index contributed by atoms with van der Waals surface area (Å²) in [6, 6.07) is 16.4. The van der Waals surface area contributed by atoms with E-state index in [-0.39, 0.29) is 5.91 Å². The van der Waals surface area contributed by atoms with Gasteiger partial charge in [0.1, 0.15) is 0 Å². The van der Waals surface area contributed by atoms with Crippen molar-refractivity contribution in [1.82, 2.24) is 9.80 Å². The zero-order valence-corrected chi connectivity index (χ0v) is 15.1. The lowest BCUT2D eigenvalue weighted by atomic mass is 10.00. The Morgan fingerprint density at radius 3 is 2.46 bits per heavy atom. The molecule has 4 nitrogen and oxygen atoms in total. The number of hydrogen-bond donors (Lipinski definition) is 1. The van der Waals surface area contributed by atoms with Crippen molar-refractivity contribution in [2.24, 2.45) is 0 Å². The Morgan fingerprint density at radius 1 is 0.885 bits per heavy atom. The summed E-state index contributed by atoms with van der Waals surface area (Å²) in [5.74, 6) is 0.0566. The van der Waals surface area contributed by atoms with Gasteiger partial charge in [-0.05, 0) is 42.0 Å². The van der Waals surface area contributed by atoms with Gasteiger partial charge in [-0.2, -0.15) is 0 Å². The maximum absolute atomic E-state index is 12.8. The maximum Gasteiger partial charge on any atom is 0.254 e. The van der Waals surface area contributed by atoms with Crippen molar-refractivity contribution in [2.75, 3.05) is 26.2 Å². The fourth-order valence-electron chi connectivity index (χ4n) is 4.17. The average Bonchev–Trinajstić information content (AvgIpc) is 2.81. The summed E-state index contributed by atoms with van der Waals surface area (Å²) < 4.78 is 0. The highest BCUT2D eigenvalue weighted by atomic mass is 16.3. The van der Waals surface area contributed by atoms with Gasteiger partial charge in [-0.1, -0.05) is 42.5 Å². The molecule has 4 heteroatoms. The third-order valence-electron chi connectivity index (χ3n) is 5.52. The van der Waals surface area contributed by atoms with E-state index >= 15 is 0 Å². The average molecular weight is 350 g/mol. The molecule has 0 aromatic heterocycles. The Kier molecular flexibility index (Phi) is 5.05. The van der Waals surface area contributed by atoms with E-state index in [9.17, 15) is 9.90 Å². The second kappa shape index (κ2) is 7.60. The molecule has 2 aliphatic heterocycles. The number of β-amino-alcohol motifs (C(OH)–C–C–N with tert-alkyl or cyclic N) is 1. The Labute approximate surface area is 155 Å². The van der Waals surface area contributed by atoms with E-state index in [2.05, 4.69) is 29.2 Å². The number of rotatable bonds is 4. The van der Waals surface area contributed by atoms with Crippen molar-refractivity contribution in [1.29, 1.82) is 0 Å². The van der Waals surface area contributed by atoms with Crippen LogP contribution in [-0.2, 0) is 19.4 Å². The summed E-state index contributed by atoms with van der Waals surface area (Å²) >= 11 is 0. The molecule has 1 amide bonds. The van der Waals surface area contributed by atoms with Crippen molar-refractivity contribution in [3.8, 4) is 0 Å². The SMILES string of the molecule is O=C1c2ccccc2CCCN1CC(O)CN1CCc2ccccc2C1. The molecular weight excluding hydrogens is 324 g/mol. The topological polar surface area (TPSA) is 43.8 Å². The first-order valence-electron chi connectivity index (χ1n) is 9.55. The third kappa shape index (κ3) is 3.67. The van der Waals surface area contributed by atoms with E-state index < -0.39 is 6.10 Å². The molecule has 26 heavy (non-hydrogen) atoms. The van der Waals surface area contributed by atoms with Crippen LogP contribution < -0.4 is 0 Å². The first-order valence-corrected chi connectivity index (χ1v) is 9.55. The second-order valence-corrected chi connectivity index (χ2v) is 7.42. The number of amides is 1. The second-order valence-electron chi connectivity index (χ2n) is 7.42. The molecule has 1 atom stereocenters. The minimum atomic E-state index is -0.519. The minimum Gasteiger partial charge on any atom is -0.390 e. The number of carbonyl (C=O) groups is 1. The number of fused-ring (bicyclic) bond motifs is 2. The smallest absolute Gasteiger partial charge is 0.254 e. The molecule has 0 bridgehead atoms. The Morgan fingerprint density at radius 2 is 1.62 bits per heavy atom. The van der Waals surface area contributed by atoms with E-state index in [1.54, 1.807) is 0 Å². The van der Waals surface area contributed by atoms with Crippen LogP contribution in [0.5, 0.6) is 0 Å². The van der Waals surface area contributed by atoms with Gasteiger partial charge in [0.15, 0.2) is 0 Å². The largest absolute Gasteiger partial charge is 0.390 e. The summed E-state index contributed by atoms with van der Waals surface area (Å²) in [5, 5.41) is 10.6. The summed E-state index contributed by atoms with van der Waals surface area (Å²) in [7, 11) is 0. The van der Waals surface area contributed by atoms with Gasteiger partial charge >= 0.3 is 0 Å². The van der Waals surface area contributed by atoms with Crippen molar-refractivity contribution in [3.63, 3.8) is 0 Å². The molecule has 0 radical (unpaired) electrons. The molecule has 0 saturated carbocycles. The molecule has 1 unspecified atom stereocenters. The van der Waals surface area contributed by atoms with E-state index in [0.717, 1.165) is 43.5 Å². The number of carbonyl (C=O) groups excluding carboxylic acids is 1. The number of aliphatic hydroxyl groups is 1. The van der Waals surface area contributed by atoms with Gasteiger partial charge in [0.25, 0.3) is 5.91 Å². The van der Waals surface area contributed by atoms with Crippen molar-refractivity contribution >= 4 is 5.91 Å². The lowest BCUT2D eigenvalue weighted by Crippen LogP contribution is -2.44. The van der Waals surface area contributed by atoms with Gasteiger partial charge in [0.2, 0.25) is 0 Å². The van der Waals surface area contributed by atoms with Crippen LogP contribution in [0.15, 0.2) is 48.5 Å². The Hall–Kier alpha value is -2.17. The first kappa shape index (κ1) is 17.3. The van der Waals surface area contributed by atoms with Crippen molar-refractivity contribution in [2.45, 2.75) is 31.9 Å². The highest BCUT2D eigenvalue weighted by Crippen LogP contribution is 2.20. The summed E-state index contributed by atoms with van der Waals surface area (Å²) in [4.78, 5) is 17.0. The van der Waals surface area contributed by atoms with E-state index in [1.807, 2.05) is 29.2 Å². The molecule has 4 rings (SSSR count). The van der Waals surface area contributed by atoms with Crippen LogP contribution in [0, 0.1) is 0 Å². The van der Waals surface area contributed by atoms with Crippen LogP contribution >= 0.6 is 0 Å². The lowest BCUT2D eigenvalue weighted by molar-refractivity contribution is 0.0513. The normalized spacial score (nSPS) is 18.8. The van der Waals surface area contributed by atoms with Gasteiger partial charge in [-0.15, -0.1) is 0 Å². The molecule has 2 aliphatic rings.